The average molecular weight is 299 g/mol. The predicted octanol–water partition coefficient (Wildman–Crippen LogP) is 0.566. The van der Waals surface area contributed by atoms with Crippen LogP contribution in [-0.4, -0.2) is 49.5 Å². The van der Waals surface area contributed by atoms with Crippen molar-refractivity contribution in [1.29, 1.82) is 0 Å². The number of ether oxygens (including phenoxy) is 1. The number of rotatable bonds is 5. The molecular formula is C12H13NO6S. The number of carbonyl (C=O) groups is 2. The number of carboxylic acid groups (broad SMARTS) is 1. The van der Waals surface area contributed by atoms with Crippen molar-refractivity contribution in [2.75, 3.05) is 19.8 Å². The zero-order chi connectivity index (χ0) is 14.9. The maximum absolute atomic E-state index is 12.2. The zero-order valence-corrected chi connectivity index (χ0v) is 11.5. The number of carboxylic acids is 1. The Labute approximate surface area is 115 Å². The molecule has 0 unspecified atom stereocenters. The maximum Gasteiger partial charge on any atom is 0.335 e. The fraction of sp³-hybridized carbons (Fsp3) is 0.333. The molecule has 7 nitrogen and oxygen atoms in total. The Kier molecular flexibility index (Phi) is 3.78. The Bertz CT molecular complexity index is 667. The van der Waals surface area contributed by atoms with Crippen LogP contribution in [0.4, 0.5) is 0 Å². The summed E-state index contributed by atoms with van der Waals surface area (Å²) in [4.78, 5) is 22.6. The molecule has 1 N–H and O–H groups in total. The van der Waals surface area contributed by atoms with Crippen LogP contribution >= 0.6 is 0 Å². The van der Waals surface area contributed by atoms with Gasteiger partial charge in [-0.2, -0.15) is 0 Å². The van der Waals surface area contributed by atoms with E-state index in [-0.39, 0.29) is 29.2 Å². The van der Waals surface area contributed by atoms with Crippen molar-refractivity contribution in [2.24, 2.45) is 0 Å². The van der Waals surface area contributed by atoms with Crippen molar-refractivity contribution in [1.82, 2.24) is 4.31 Å². The molecule has 0 bridgehead atoms. The van der Waals surface area contributed by atoms with Crippen molar-refractivity contribution < 1.29 is 27.9 Å². The lowest BCUT2D eigenvalue weighted by molar-refractivity contribution is 0.0695. The van der Waals surface area contributed by atoms with Gasteiger partial charge in [0.15, 0.2) is 0 Å². The van der Waals surface area contributed by atoms with Gasteiger partial charge in [-0.25, -0.2) is 17.5 Å². The Balaban J connectivity index is 2.40. The minimum Gasteiger partial charge on any atom is -0.478 e. The van der Waals surface area contributed by atoms with Gasteiger partial charge in [-0.15, -0.1) is 0 Å². The fourth-order valence-corrected chi connectivity index (χ4v) is 3.50. The SMILES string of the molecule is CCOCCN1C(=O)c2ccc(C(=O)O)cc2S1(=O)=O. The molecule has 0 atom stereocenters. The Morgan fingerprint density at radius 3 is 2.70 bits per heavy atom. The van der Waals surface area contributed by atoms with Gasteiger partial charge in [0.1, 0.15) is 4.90 Å². The van der Waals surface area contributed by atoms with E-state index in [1.165, 1.54) is 12.1 Å². The summed E-state index contributed by atoms with van der Waals surface area (Å²) < 4.78 is 30.2. The first-order chi connectivity index (χ1) is 9.39. The summed E-state index contributed by atoms with van der Waals surface area (Å²) in [5, 5.41) is 8.88. The second-order valence-electron chi connectivity index (χ2n) is 4.10. The summed E-state index contributed by atoms with van der Waals surface area (Å²) in [5.74, 6) is -1.90. The van der Waals surface area contributed by atoms with Crippen LogP contribution in [0.5, 0.6) is 0 Å². The van der Waals surface area contributed by atoms with E-state index < -0.39 is 21.9 Å². The van der Waals surface area contributed by atoms with Gasteiger partial charge in [0.25, 0.3) is 15.9 Å². The van der Waals surface area contributed by atoms with Gasteiger partial charge in [-0.3, -0.25) is 4.79 Å². The highest BCUT2D eigenvalue weighted by molar-refractivity contribution is 7.90. The van der Waals surface area contributed by atoms with E-state index in [9.17, 15) is 18.0 Å². The summed E-state index contributed by atoms with van der Waals surface area (Å²) in [6.45, 7) is 2.18. The van der Waals surface area contributed by atoms with E-state index in [4.69, 9.17) is 9.84 Å². The van der Waals surface area contributed by atoms with E-state index in [1.807, 2.05) is 0 Å². The molecule has 2 rings (SSSR count). The average Bonchev–Trinajstić information content (AvgIpc) is 2.59. The van der Waals surface area contributed by atoms with E-state index in [1.54, 1.807) is 6.92 Å². The lowest BCUT2D eigenvalue weighted by atomic mass is 10.1. The molecule has 8 heteroatoms. The van der Waals surface area contributed by atoms with E-state index in [2.05, 4.69) is 0 Å². The molecule has 0 saturated heterocycles. The van der Waals surface area contributed by atoms with Gasteiger partial charge in [-0.1, -0.05) is 0 Å². The smallest absolute Gasteiger partial charge is 0.335 e. The number of amides is 1. The van der Waals surface area contributed by atoms with Gasteiger partial charge in [0.2, 0.25) is 0 Å². The first-order valence-corrected chi connectivity index (χ1v) is 7.35. The van der Waals surface area contributed by atoms with Crippen molar-refractivity contribution >= 4 is 21.9 Å². The molecule has 0 aliphatic carbocycles. The molecule has 0 fully saturated rings. The van der Waals surface area contributed by atoms with Crippen LogP contribution in [0.25, 0.3) is 0 Å². The molecule has 108 valence electrons. The van der Waals surface area contributed by atoms with Gasteiger partial charge in [0, 0.05) is 6.61 Å². The van der Waals surface area contributed by atoms with Crippen LogP contribution in [0, 0.1) is 0 Å². The normalized spacial score (nSPS) is 16.2. The summed E-state index contributed by atoms with van der Waals surface area (Å²) in [6.07, 6.45) is 0. The van der Waals surface area contributed by atoms with Gasteiger partial charge in [-0.05, 0) is 25.1 Å². The van der Waals surface area contributed by atoms with Crippen molar-refractivity contribution in [3.8, 4) is 0 Å². The highest BCUT2D eigenvalue weighted by Gasteiger charge is 2.41. The first-order valence-electron chi connectivity index (χ1n) is 5.91. The fourth-order valence-electron chi connectivity index (χ4n) is 1.92. The second kappa shape index (κ2) is 5.22. The van der Waals surface area contributed by atoms with Crippen LogP contribution < -0.4 is 0 Å². The Morgan fingerprint density at radius 2 is 2.10 bits per heavy atom. The van der Waals surface area contributed by atoms with Crippen LogP contribution in [-0.2, 0) is 14.8 Å². The maximum atomic E-state index is 12.2. The minimum absolute atomic E-state index is 0.00787. The van der Waals surface area contributed by atoms with Crippen LogP contribution in [0.2, 0.25) is 0 Å². The molecule has 1 heterocycles. The largest absolute Gasteiger partial charge is 0.478 e. The molecular weight excluding hydrogens is 286 g/mol. The number of carbonyl (C=O) groups excluding carboxylic acids is 1. The Morgan fingerprint density at radius 1 is 1.40 bits per heavy atom. The van der Waals surface area contributed by atoms with E-state index in [0.29, 0.717) is 10.9 Å². The number of fused-ring (bicyclic) bond motifs is 1. The number of hydrogen-bond donors (Lipinski definition) is 1. The van der Waals surface area contributed by atoms with Crippen LogP contribution in [0.15, 0.2) is 23.1 Å². The highest BCUT2D eigenvalue weighted by atomic mass is 32.2. The molecule has 1 amide bonds. The van der Waals surface area contributed by atoms with E-state index in [0.717, 1.165) is 6.07 Å². The summed E-state index contributed by atoms with van der Waals surface area (Å²) in [5.41, 5.74) is -0.182. The molecule has 20 heavy (non-hydrogen) atoms. The van der Waals surface area contributed by atoms with Crippen LogP contribution in [0.1, 0.15) is 27.6 Å². The Hall–Kier alpha value is -1.93. The molecule has 1 aliphatic heterocycles. The number of hydrogen-bond acceptors (Lipinski definition) is 5. The lowest BCUT2D eigenvalue weighted by Crippen LogP contribution is -2.33. The molecule has 0 radical (unpaired) electrons. The third kappa shape index (κ3) is 2.27. The third-order valence-electron chi connectivity index (χ3n) is 2.90. The predicted molar refractivity (Wildman–Crippen MR) is 68.1 cm³/mol. The van der Waals surface area contributed by atoms with Crippen molar-refractivity contribution in [3.63, 3.8) is 0 Å². The highest BCUT2D eigenvalue weighted by Crippen LogP contribution is 2.30. The molecule has 1 aromatic rings. The van der Waals surface area contributed by atoms with E-state index >= 15 is 0 Å². The minimum atomic E-state index is -3.99. The lowest BCUT2D eigenvalue weighted by Gasteiger charge is -2.14. The number of sulfonamides is 1. The molecule has 1 aliphatic rings. The van der Waals surface area contributed by atoms with Gasteiger partial charge < -0.3 is 9.84 Å². The molecule has 0 spiro atoms. The third-order valence-corrected chi connectivity index (χ3v) is 4.72. The monoisotopic (exact) mass is 299 g/mol. The first kappa shape index (κ1) is 14.5. The summed E-state index contributed by atoms with van der Waals surface area (Å²) >= 11 is 0. The van der Waals surface area contributed by atoms with Crippen molar-refractivity contribution in [2.45, 2.75) is 11.8 Å². The molecule has 0 saturated carbocycles. The topological polar surface area (TPSA) is 101 Å². The molecule has 0 aromatic heterocycles. The molecule has 1 aromatic carbocycles. The summed E-state index contributed by atoms with van der Waals surface area (Å²) in [7, 11) is -3.99. The quantitative estimate of drug-likeness (QED) is 0.797. The second-order valence-corrected chi connectivity index (χ2v) is 5.93. The van der Waals surface area contributed by atoms with Gasteiger partial charge >= 0.3 is 5.97 Å². The van der Waals surface area contributed by atoms with Crippen LogP contribution in [0.3, 0.4) is 0 Å². The van der Waals surface area contributed by atoms with Gasteiger partial charge in [0.05, 0.1) is 24.3 Å². The number of aromatic carboxylic acids is 1. The van der Waals surface area contributed by atoms with Crippen molar-refractivity contribution in [3.05, 3.63) is 29.3 Å². The number of nitrogens with zero attached hydrogens (tertiary/aromatic N) is 1. The summed E-state index contributed by atoms with van der Waals surface area (Å²) in [6, 6.07) is 3.44. The zero-order valence-electron chi connectivity index (χ0n) is 10.7. The standard InChI is InChI=1S/C12H13NO6S/c1-2-19-6-5-13-11(14)9-4-3-8(12(15)16)7-10(9)20(13,17)18/h3-4,7H,2,5-6H2,1H3,(H,15,16). The number of benzene rings is 1.